The first-order valence-corrected chi connectivity index (χ1v) is 8.80. The van der Waals surface area contributed by atoms with Crippen molar-refractivity contribution in [2.75, 3.05) is 26.2 Å². The highest BCUT2D eigenvalue weighted by Crippen LogP contribution is 2.33. The minimum absolute atomic E-state index is 0.00584. The molecule has 2 aromatic carbocycles. The molecule has 0 saturated carbocycles. The molecule has 1 aliphatic rings. The van der Waals surface area contributed by atoms with Crippen LogP contribution in [0.2, 0.25) is 0 Å². The zero-order chi connectivity index (χ0) is 19.4. The van der Waals surface area contributed by atoms with Crippen LogP contribution >= 0.6 is 11.8 Å². The Bertz CT molecular complexity index is 899. The number of benzene rings is 2. The number of methoxy groups -OCH3 is 2. The van der Waals surface area contributed by atoms with Gasteiger partial charge in [-0.2, -0.15) is 0 Å². The van der Waals surface area contributed by atoms with E-state index >= 15 is 0 Å². The number of ether oxygens (including phenoxy) is 2. The van der Waals surface area contributed by atoms with E-state index in [1.165, 1.54) is 19.2 Å². The molecule has 6 nitrogen and oxygen atoms in total. The number of hydrogen-bond acceptors (Lipinski definition) is 6. The van der Waals surface area contributed by atoms with E-state index in [1.54, 1.807) is 43.5 Å². The van der Waals surface area contributed by atoms with Gasteiger partial charge >= 0.3 is 0 Å². The summed E-state index contributed by atoms with van der Waals surface area (Å²) >= 11 is 0.846. The third kappa shape index (κ3) is 4.22. The molecule has 0 spiro atoms. The number of anilines is 1. The topological polar surface area (TPSA) is 67.9 Å². The van der Waals surface area contributed by atoms with E-state index < -0.39 is 5.91 Å². The van der Waals surface area contributed by atoms with Crippen molar-refractivity contribution in [3.05, 3.63) is 58.8 Å². The SMILES string of the molecule is COc1ccc(NCN2C(=O)SC(=Cc3ccc(F)cc3)C2=O)c(OC)c1. The lowest BCUT2D eigenvalue weighted by atomic mass is 10.2. The largest absolute Gasteiger partial charge is 0.497 e. The molecule has 0 bridgehead atoms. The maximum atomic E-state index is 13.0. The predicted octanol–water partition coefficient (Wildman–Crippen LogP) is 3.95. The van der Waals surface area contributed by atoms with Crippen LogP contribution in [0.5, 0.6) is 11.5 Å². The van der Waals surface area contributed by atoms with Crippen LogP contribution in [0.1, 0.15) is 5.56 Å². The number of hydrogen-bond donors (Lipinski definition) is 1. The third-order valence-corrected chi connectivity index (χ3v) is 4.79. The molecule has 0 aliphatic carbocycles. The number of rotatable bonds is 6. The highest BCUT2D eigenvalue weighted by molar-refractivity contribution is 8.18. The van der Waals surface area contributed by atoms with Crippen LogP contribution < -0.4 is 14.8 Å². The average Bonchev–Trinajstić information content (AvgIpc) is 2.94. The van der Waals surface area contributed by atoms with Gasteiger partial charge in [0, 0.05) is 6.07 Å². The lowest BCUT2D eigenvalue weighted by Crippen LogP contribution is -2.33. The van der Waals surface area contributed by atoms with Gasteiger partial charge in [-0.3, -0.25) is 14.5 Å². The minimum atomic E-state index is -0.408. The number of nitrogens with one attached hydrogen (secondary N) is 1. The predicted molar refractivity (Wildman–Crippen MR) is 102 cm³/mol. The summed E-state index contributed by atoms with van der Waals surface area (Å²) in [4.78, 5) is 26.1. The fourth-order valence-corrected chi connectivity index (χ4v) is 3.29. The summed E-state index contributed by atoms with van der Waals surface area (Å²) in [6.07, 6.45) is 1.57. The summed E-state index contributed by atoms with van der Waals surface area (Å²) in [7, 11) is 3.07. The second-order valence-electron chi connectivity index (χ2n) is 5.56. The van der Waals surface area contributed by atoms with Crippen molar-refractivity contribution in [3.63, 3.8) is 0 Å². The molecule has 0 atom stereocenters. The zero-order valence-corrected chi connectivity index (χ0v) is 15.5. The van der Waals surface area contributed by atoms with Gasteiger partial charge in [0.1, 0.15) is 17.3 Å². The van der Waals surface area contributed by atoms with Gasteiger partial charge in [0.05, 0.1) is 31.5 Å². The van der Waals surface area contributed by atoms with Crippen molar-refractivity contribution < 1.29 is 23.5 Å². The van der Waals surface area contributed by atoms with E-state index in [0.29, 0.717) is 22.7 Å². The summed E-state index contributed by atoms with van der Waals surface area (Å²) < 4.78 is 23.4. The van der Waals surface area contributed by atoms with Crippen molar-refractivity contribution in [1.29, 1.82) is 0 Å². The summed E-state index contributed by atoms with van der Waals surface area (Å²) in [5, 5.41) is 2.64. The molecule has 0 unspecified atom stereocenters. The monoisotopic (exact) mass is 388 g/mol. The van der Waals surface area contributed by atoms with E-state index in [4.69, 9.17) is 9.47 Å². The average molecular weight is 388 g/mol. The molecule has 1 N–H and O–H groups in total. The smallest absolute Gasteiger partial charge is 0.295 e. The van der Waals surface area contributed by atoms with Crippen LogP contribution in [0.15, 0.2) is 47.4 Å². The van der Waals surface area contributed by atoms with Crippen LogP contribution in [0.25, 0.3) is 6.08 Å². The standard InChI is InChI=1S/C19H17FN2O4S/c1-25-14-7-8-15(16(10-14)26-2)21-11-22-18(23)17(27-19(22)24)9-12-3-5-13(20)6-4-12/h3-10,21H,11H2,1-2H3. The molecular formula is C19H17FN2O4S. The molecule has 2 amide bonds. The maximum Gasteiger partial charge on any atom is 0.295 e. The Kier molecular flexibility index (Phi) is 5.66. The van der Waals surface area contributed by atoms with Crippen molar-refractivity contribution >= 4 is 34.7 Å². The fraction of sp³-hybridized carbons (Fsp3) is 0.158. The quantitative estimate of drug-likeness (QED) is 0.756. The third-order valence-electron chi connectivity index (χ3n) is 3.88. The molecule has 2 aromatic rings. The van der Waals surface area contributed by atoms with Gasteiger partial charge in [-0.15, -0.1) is 0 Å². The van der Waals surface area contributed by atoms with E-state index in [1.807, 2.05) is 0 Å². The molecule has 0 radical (unpaired) electrons. The Balaban J connectivity index is 1.72. The molecule has 3 rings (SSSR count). The number of amides is 2. The lowest BCUT2D eigenvalue weighted by Gasteiger charge is -2.17. The van der Waals surface area contributed by atoms with Crippen molar-refractivity contribution in [2.24, 2.45) is 0 Å². The summed E-state index contributed by atoms with van der Waals surface area (Å²) in [5.74, 6) is 0.390. The number of halogens is 1. The summed E-state index contributed by atoms with van der Waals surface area (Å²) in [6.45, 7) is -0.00584. The number of thioether (sulfide) groups is 1. The highest BCUT2D eigenvalue weighted by Gasteiger charge is 2.34. The van der Waals surface area contributed by atoms with Gasteiger partial charge in [-0.05, 0) is 47.7 Å². The van der Waals surface area contributed by atoms with Crippen molar-refractivity contribution in [1.82, 2.24) is 4.90 Å². The number of nitrogens with zero attached hydrogens (tertiary/aromatic N) is 1. The van der Waals surface area contributed by atoms with Crippen LogP contribution in [-0.4, -0.2) is 36.9 Å². The van der Waals surface area contributed by atoms with Crippen molar-refractivity contribution in [3.8, 4) is 11.5 Å². The molecule has 0 aromatic heterocycles. The van der Waals surface area contributed by atoms with E-state index in [2.05, 4.69) is 5.32 Å². The number of imide groups is 1. The van der Waals surface area contributed by atoms with Crippen molar-refractivity contribution in [2.45, 2.75) is 0 Å². The fourth-order valence-electron chi connectivity index (χ4n) is 2.46. The molecule has 8 heteroatoms. The Labute approximate surface area is 159 Å². The summed E-state index contributed by atoms with van der Waals surface area (Å²) in [6, 6.07) is 10.9. The molecule has 1 saturated heterocycles. The maximum absolute atomic E-state index is 13.0. The van der Waals surface area contributed by atoms with E-state index in [9.17, 15) is 14.0 Å². The molecule has 1 aliphatic heterocycles. The van der Waals surface area contributed by atoms with Gasteiger partial charge in [-0.25, -0.2) is 4.39 Å². The number of carbonyl (C=O) groups is 2. The molecule has 27 heavy (non-hydrogen) atoms. The second kappa shape index (κ2) is 8.13. The molecule has 140 valence electrons. The van der Waals surface area contributed by atoms with E-state index in [0.717, 1.165) is 16.7 Å². The number of carbonyl (C=O) groups excluding carboxylic acids is 2. The minimum Gasteiger partial charge on any atom is -0.497 e. The molecular weight excluding hydrogens is 371 g/mol. The van der Waals surface area contributed by atoms with Gasteiger partial charge in [0.25, 0.3) is 11.1 Å². The Morgan fingerprint density at radius 3 is 2.52 bits per heavy atom. The van der Waals surface area contributed by atoms with Crippen LogP contribution in [0.4, 0.5) is 14.9 Å². The van der Waals surface area contributed by atoms with Gasteiger partial charge in [0.2, 0.25) is 0 Å². The van der Waals surface area contributed by atoms with E-state index in [-0.39, 0.29) is 22.6 Å². The Morgan fingerprint density at radius 2 is 1.85 bits per heavy atom. The van der Waals surface area contributed by atoms with Crippen LogP contribution in [0.3, 0.4) is 0 Å². The highest BCUT2D eigenvalue weighted by atomic mass is 32.2. The van der Waals surface area contributed by atoms with Gasteiger partial charge < -0.3 is 14.8 Å². The zero-order valence-electron chi connectivity index (χ0n) is 14.7. The van der Waals surface area contributed by atoms with Gasteiger partial charge in [0.15, 0.2) is 0 Å². The molecule has 1 heterocycles. The second-order valence-corrected chi connectivity index (χ2v) is 6.56. The van der Waals surface area contributed by atoms with Crippen LogP contribution in [0, 0.1) is 5.82 Å². The van der Waals surface area contributed by atoms with Gasteiger partial charge in [-0.1, -0.05) is 12.1 Å². The normalized spacial score (nSPS) is 15.4. The molecule has 1 fully saturated rings. The van der Waals surface area contributed by atoms with Crippen LogP contribution in [-0.2, 0) is 4.79 Å². The lowest BCUT2D eigenvalue weighted by molar-refractivity contribution is -0.122. The Hall–Kier alpha value is -3.00. The first-order valence-electron chi connectivity index (χ1n) is 7.98. The first kappa shape index (κ1) is 18.8. The Morgan fingerprint density at radius 1 is 1.11 bits per heavy atom. The first-order chi connectivity index (χ1) is 13.0. The summed E-state index contributed by atoms with van der Waals surface area (Å²) in [5.41, 5.74) is 1.27.